The molecule has 0 aliphatic heterocycles. The highest BCUT2D eigenvalue weighted by molar-refractivity contribution is 5.70. The maximum atomic E-state index is 6.07. The second kappa shape index (κ2) is 4.73. The second-order valence-corrected chi connectivity index (χ2v) is 4.39. The number of rotatable bonds is 3. The number of ether oxygens (including phenoxy) is 1. The topological polar surface area (TPSA) is 70.9 Å². The van der Waals surface area contributed by atoms with Gasteiger partial charge in [0.05, 0.1) is 24.7 Å². The highest BCUT2D eigenvalue weighted by atomic mass is 16.5. The van der Waals surface area contributed by atoms with Gasteiger partial charge in [-0.2, -0.15) is 10.2 Å². The summed E-state index contributed by atoms with van der Waals surface area (Å²) in [4.78, 5) is 0. The average Bonchev–Trinajstić information content (AvgIpc) is 3.04. The average molecular weight is 269 g/mol. The number of nitrogens with zero attached hydrogens (tertiary/aromatic N) is 4. The Balaban J connectivity index is 2.12. The summed E-state index contributed by atoms with van der Waals surface area (Å²) < 4.78 is 8.80. The molecule has 1 aromatic carbocycles. The van der Waals surface area contributed by atoms with Crippen LogP contribution in [0.2, 0.25) is 0 Å². The molecule has 3 aromatic rings. The van der Waals surface area contributed by atoms with Gasteiger partial charge >= 0.3 is 0 Å². The summed E-state index contributed by atoms with van der Waals surface area (Å²) in [6.45, 7) is 0. The van der Waals surface area contributed by atoms with Crippen LogP contribution in [0.4, 0.5) is 5.69 Å². The van der Waals surface area contributed by atoms with E-state index in [2.05, 4.69) is 10.2 Å². The molecule has 6 heteroatoms. The predicted octanol–water partition coefficient (Wildman–Crippen LogP) is 1.86. The van der Waals surface area contributed by atoms with Crippen molar-refractivity contribution >= 4 is 5.69 Å². The van der Waals surface area contributed by atoms with Crippen LogP contribution in [0.5, 0.6) is 5.75 Å². The number of benzene rings is 1. The van der Waals surface area contributed by atoms with Gasteiger partial charge in [0.1, 0.15) is 17.1 Å². The van der Waals surface area contributed by atoms with Crippen LogP contribution in [-0.2, 0) is 7.05 Å². The van der Waals surface area contributed by atoms with Gasteiger partial charge in [0.15, 0.2) is 0 Å². The van der Waals surface area contributed by atoms with E-state index in [4.69, 9.17) is 10.5 Å². The minimum absolute atomic E-state index is 0.597. The quantitative estimate of drug-likeness (QED) is 0.788. The Morgan fingerprint density at radius 2 is 2.00 bits per heavy atom. The van der Waals surface area contributed by atoms with E-state index in [0.717, 1.165) is 17.1 Å². The van der Waals surface area contributed by atoms with Crippen LogP contribution in [0, 0.1) is 0 Å². The monoisotopic (exact) mass is 269 g/mol. The van der Waals surface area contributed by atoms with Gasteiger partial charge < -0.3 is 10.5 Å². The van der Waals surface area contributed by atoms with Crippen LogP contribution in [0.1, 0.15) is 0 Å². The van der Waals surface area contributed by atoms with Crippen molar-refractivity contribution in [3.05, 3.63) is 42.7 Å². The number of aryl methyl sites for hydroxylation is 1. The summed E-state index contributed by atoms with van der Waals surface area (Å²) in [5.74, 6) is 0.742. The van der Waals surface area contributed by atoms with E-state index in [1.807, 2.05) is 37.4 Å². The lowest BCUT2D eigenvalue weighted by molar-refractivity contribution is 0.412. The molecule has 0 bridgehead atoms. The third-order valence-corrected chi connectivity index (χ3v) is 3.14. The van der Waals surface area contributed by atoms with Crippen LogP contribution in [-0.4, -0.2) is 26.7 Å². The van der Waals surface area contributed by atoms with Crippen LogP contribution < -0.4 is 10.5 Å². The molecule has 102 valence electrons. The highest BCUT2D eigenvalue weighted by Gasteiger charge is 2.14. The first-order chi connectivity index (χ1) is 9.70. The normalized spacial score (nSPS) is 10.7. The van der Waals surface area contributed by atoms with Crippen LogP contribution in [0.3, 0.4) is 0 Å². The number of nitrogens with two attached hydrogens (primary N) is 1. The lowest BCUT2D eigenvalue weighted by atomic mass is 10.3. The molecular weight excluding hydrogens is 254 g/mol. The van der Waals surface area contributed by atoms with Gasteiger partial charge in [0.25, 0.3) is 0 Å². The zero-order chi connectivity index (χ0) is 14.1. The lowest BCUT2D eigenvalue weighted by Gasteiger charge is -2.07. The SMILES string of the molecule is COc1ccccc1-n1cc(N)c(-c2ccnn2C)n1. The van der Waals surface area contributed by atoms with Crippen molar-refractivity contribution in [3.8, 4) is 22.8 Å². The maximum absolute atomic E-state index is 6.07. The minimum atomic E-state index is 0.597. The molecule has 2 N–H and O–H groups in total. The zero-order valence-corrected chi connectivity index (χ0v) is 11.3. The molecule has 3 rings (SSSR count). The molecule has 0 saturated heterocycles. The largest absolute Gasteiger partial charge is 0.494 e. The molecule has 0 saturated carbocycles. The van der Waals surface area contributed by atoms with Crippen molar-refractivity contribution in [3.63, 3.8) is 0 Å². The van der Waals surface area contributed by atoms with E-state index in [9.17, 15) is 0 Å². The van der Waals surface area contributed by atoms with Gasteiger partial charge in [-0.1, -0.05) is 12.1 Å². The number of hydrogen-bond acceptors (Lipinski definition) is 4. The summed E-state index contributed by atoms with van der Waals surface area (Å²) in [6.07, 6.45) is 3.50. The maximum Gasteiger partial charge on any atom is 0.144 e. The summed E-state index contributed by atoms with van der Waals surface area (Å²) in [7, 11) is 3.49. The zero-order valence-electron chi connectivity index (χ0n) is 11.3. The Hall–Kier alpha value is -2.76. The molecular formula is C14H15N5O. The van der Waals surface area contributed by atoms with Crippen molar-refractivity contribution in [2.45, 2.75) is 0 Å². The molecule has 0 amide bonds. The van der Waals surface area contributed by atoms with Gasteiger partial charge in [0, 0.05) is 13.2 Å². The van der Waals surface area contributed by atoms with Crippen LogP contribution in [0.25, 0.3) is 17.1 Å². The van der Waals surface area contributed by atoms with Crippen molar-refractivity contribution in [2.75, 3.05) is 12.8 Å². The van der Waals surface area contributed by atoms with Gasteiger partial charge in [0.2, 0.25) is 0 Å². The summed E-state index contributed by atoms with van der Waals surface area (Å²) in [5.41, 5.74) is 9.08. The number of hydrogen-bond donors (Lipinski definition) is 1. The fourth-order valence-corrected chi connectivity index (χ4v) is 2.13. The standard InChI is InChI=1S/C14H15N5O/c1-18-12(7-8-16-18)14-10(15)9-19(17-14)11-5-3-4-6-13(11)20-2/h3-9H,15H2,1-2H3. The van der Waals surface area contributed by atoms with E-state index in [0.29, 0.717) is 11.4 Å². The first kappa shape index (κ1) is 12.3. The Labute approximate surface area is 116 Å². The van der Waals surface area contributed by atoms with E-state index >= 15 is 0 Å². The Bertz CT molecular complexity index is 744. The molecule has 0 aliphatic carbocycles. The summed E-state index contributed by atoms with van der Waals surface area (Å²) in [5, 5.41) is 8.68. The van der Waals surface area contributed by atoms with Crippen molar-refractivity contribution in [1.29, 1.82) is 0 Å². The van der Waals surface area contributed by atoms with E-state index < -0.39 is 0 Å². The van der Waals surface area contributed by atoms with Gasteiger partial charge in [-0.3, -0.25) is 4.68 Å². The molecule has 6 nitrogen and oxygen atoms in total. The Morgan fingerprint density at radius 3 is 2.70 bits per heavy atom. The molecule has 0 atom stereocenters. The van der Waals surface area contributed by atoms with Crippen molar-refractivity contribution < 1.29 is 4.74 Å². The molecule has 0 fully saturated rings. The number of aromatic nitrogens is 4. The molecule has 0 radical (unpaired) electrons. The fourth-order valence-electron chi connectivity index (χ4n) is 2.13. The third-order valence-electron chi connectivity index (χ3n) is 3.14. The summed E-state index contributed by atoms with van der Waals surface area (Å²) >= 11 is 0. The Morgan fingerprint density at radius 1 is 1.20 bits per heavy atom. The lowest BCUT2D eigenvalue weighted by Crippen LogP contribution is -1.99. The van der Waals surface area contributed by atoms with Gasteiger partial charge in [-0.05, 0) is 18.2 Å². The van der Waals surface area contributed by atoms with Gasteiger partial charge in [-0.25, -0.2) is 4.68 Å². The van der Waals surface area contributed by atoms with Crippen molar-refractivity contribution in [1.82, 2.24) is 19.6 Å². The first-order valence-electron chi connectivity index (χ1n) is 6.17. The van der Waals surface area contributed by atoms with Crippen molar-refractivity contribution in [2.24, 2.45) is 7.05 Å². The van der Waals surface area contributed by atoms with E-state index in [1.165, 1.54) is 0 Å². The van der Waals surface area contributed by atoms with E-state index in [-0.39, 0.29) is 0 Å². The molecule has 0 spiro atoms. The first-order valence-corrected chi connectivity index (χ1v) is 6.17. The van der Waals surface area contributed by atoms with E-state index in [1.54, 1.807) is 28.9 Å². The third kappa shape index (κ3) is 1.91. The molecule has 2 heterocycles. The number of nitrogen functional groups attached to an aromatic ring is 1. The molecule has 20 heavy (non-hydrogen) atoms. The molecule has 0 aliphatic rings. The van der Waals surface area contributed by atoms with Crippen LogP contribution >= 0.6 is 0 Å². The van der Waals surface area contributed by atoms with Crippen LogP contribution in [0.15, 0.2) is 42.7 Å². The Kier molecular flexibility index (Phi) is 2.90. The summed E-state index contributed by atoms with van der Waals surface area (Å²) in [6, 6.07) is 9.54. The molecule has 2 aromatic heterocycles. The fraction of sp³-hybridized carbons (Fsp3) is 0.143. The number of para-hydroxylation sites is 2. The minimum Gasteiger partial charge on any atom is -0.494 e. The number of methoxy groups -OCH3 is 1. The predicted molar refractivity (Wildman–Crippen MR) is 76.7 cm³/mol. The number of anilines is 1. The highest BCUT2D eigenvalue weighted by Crippen LogP contribution is 2.27. The van der Waals surface area contributed by atoms with Gasteiger partial charge in [-0.15, -0.1) is 0 Å². The molecule has 0 unspecified atom stereocenters. The smallest absolute Gasteiger partial charge is 0.144 e. The second-order valence-electron chi connectivity index (χ2n) is 4.39.